The number of benzene rings is 1. The molecule has 0 aliphatic carbocycles. The van der Waals surface area contributed by atoms with Crippen LogP contribution in [0.15, 0.2) is 18.3 Å². The summed E-state index contributed by atoms with van der Waals surface area (Å²) in [6, 6.07) is 0.745. The van der Waals surface area contributed by atoms with Gasteiger partial charge < -0.3 is 15.4 Å². The van der Waals surface area contributed by atoms with Gasteiger partial charge in [0.1, 0.15) is 17.4 Å². The number of rotatable bonds is 3. The molecule has 178 valence electrons. The molecule has 0 radical (unpaired) electrons. The van der Waals surface area contributed by atoms with Crippen molar-refractivity contribution in [3.8, 4) is 0 Å². The number of nitrogens with one attached hydrogen (secondary N) is 1. The van der Waals surface area contributed by atoms with Gasteiger partial charge >= 0.3 is 12.3 Å². The number of aromatic nitrogens is 2. The lowest BCUT2D eigenvalue weighted by atomic mass is 9.83. The Morgan fingerprint density at radius 3 is 2.82 bits per heavy atom. The maximum Gasteiger partial charge on any atom is 0.412 e. The van der Waals surface area contributed by atoms with Crippen molar-refractivity contribution in [1.82, 2.24) is 14.7 Å². The summed E-state index contributed by atoms with van der Waals surface area (Å²) in [6.07, 6.45) is -4.22. The van der Waals surface area contributed by atoms with Gasteiger partial charge in [-0.2, -0.15) is 18.3 Å². The molecule has 1 spiro atoms. The number of carbonyl (C=O) groups excluding carboxylic acids is 2. The van der Waals surface area contributed by atoms with Crippen molar-refractivity contribution < 1.29 is 31.9 Å². The molecular weight excluding hydrogens is 470 g/mol. The van der Waals surface area contributed by atoms with Gasteiger partial charge in [0.15, 0.2) is 11.4 Å². The van der Waals surface area contributed by atoms with Crippen LogP contribution in [0.2, 0.25) is 5.02 Å². The lowest BCUT2D eigenvalue weighted by Crippen LogP contribution is -2.53. The van der Waals surface area contributed by atoms with Crippen LogP contribution in [0.3, 0.4) is 0 Å². The van der Waals surface area contributed by atoms with Crippen LogP contribution in [0.1, 0.15) is 48.1 Å². The van der Waals surface area contributed by atoms with E-state index < -0.39 is 41.5 Å². The highest BCUT2D eigenvalue weighted by Gasteiger charge is 2.49. The van der Waals surface area contributed by atoms with Crippen LogP contribution in [0, 0.1) is 5.82 Å². The van der Waals surface area contributed by atoms with Gasteiger partial charge in [-0.05, 0) is 31.4 Å². The number of hydrogen-bond acceptors (Lipinski definition) is 5. The topological polar surface area (TPSA) is 102 Å². The normalized spacial score (nSPS) is 21.4. The van der Waals surface area contributed by atoms with E-state index >= 15 is 0 Å². The third-order valence-electron chi connectivity index (χ3n) is 5.94. The van der Waals surface area contributed by atoms with Gasteiger partial charge in [0.05, 0.1) is 29.0 Å². The zero-order chi connectivity index (χ0) is 24.1. The molecule has 2 aliphatic heterocycles. The monoisotopic (exact) mass is 489 g/mol. The minimum absolute atomic E-state index is 0.0129. The number of nitrogens with two attached hydrogens (primary N) is 1. The molecule has 0 saturated carbocycles. The Bertz CT molecular complexity index is 1120. The minimum atomic E-state index is -4.60. The van der Waals surface area contributed by atoms with Crippen molar-refractivity contribution >= 4 is 35.1 Å². The molecule has 8 nitrogen and oxygen atoms in total. The van der Waals surface area contributed by atoms with E-state index in [4.69, 9.17) is 22.1 Å². The number of hydrogen-bond donors (Lipinski definition) is 2. The molecule has 1 saturated heterocycles. The summed E-state index contributed by atoms with van der Waals surface area (Å²) in [5.41, 5.74) is 4.33. The van der Waals surface area contributed by atoms with Crippen molar-refractivity contribution in [1.29, 1.82) is 0 Å². The summed E-state index contributed by atoms with van der Waals surface area (Å²) in [5, 5.41) is 5.94. The molecule has 1 unspecified atom stereocenters. The molecule has 2 amide bonds. The van der Waals surface area contributed by atoms with Crippen molar-refractivity contribution in [2.75, 3.05) is 24.1 Å². The number of anilines is 2. The van der Waals surface area contributed by atoms with E-state index in [0.29, 0.717) is 11.1 Å². The molecule has 3 heterocycles. The van der Waals surface area contributed by atoms with Crippen molar-refractivity contribution in [2.45, 2.75) is 44.0 Å². The summed E-state index contributed by atoms with van der Waals surface area (Å²) < 4.78 is 61.0. The predicted octanol–water partition coefficient (Wildman–Crippen LogP) is 4.46. The van der Waals surface area contributed by atoms with E-state index in [1.165, 1.54) is 24.0 Å². The molecule has 33 heavy (non-hydrogen) atoms. The Hall–Kier alpha value is -3.02. The summed E-state index contributed by atoms with van der Waals surface area (Å²) in [7, 11) is 0. The molecule has 3 N–H and O–H groups in total. The second-order valence-corrected chi connectivity index (χ2v) is 8.38. The lowest BCUT2D eigenvalue weighted by molar-refractivity contribution is -0.170. The molecule has 1 aromatic carbocycles. The van der Waals surface area contributed by atoms with E-state index in [1.54, 1.807) is 0 Å². The Morgan fingerprint density at radius 1 is 1.42 bits per heavy atom. The van der Waals surface area contributed by atoms with Crippen LogP contribution in [-0.4, -0.2) is 45.9 Å². The highest BCUT2D eigenvalue weighted by molar-refractivity contribution is 6.31. The first-order chi connectivity index (χ1) is 15.5. The summed E-state index contributed by atoms with van der Waals surface area (Å²) in [4.78, 5) is 26.6. The number of nitrogens with zero attached hydrogens (tertiary/aromatic N) is 3. The molecule has 2 aliphatic rings. The van der Waals surface area contributed by atoms with Gasteiger partial charge in [-0.3, -0.25) is 10.1 Å². The van der Waals surface area contributed by atoms with Crippen LogP contribution < -0.4 is 11.1 Å². The van der Waals surface area contributed by atoms with Crippen LogP contribution in [0.4, 0.5) is 33.9 Å². The fourth-order valence-electron chi connectivity index (χ4n) is 4.45. The Balaban J connectivity index is 1.68. The number of fused-ring (bicyclic) bond motifs is 2. The smallest absolute Gasteiger partial charge is 0.412 e. The number of alkyl halides is 3. The third kappa shape index (κ3) is 3.85. The second kappa shape index (κ2) is 8.08. The first-order valence-corrected chi connectivity index (χ1v) is 10.5. The Kier molecular flexibility index (Phi) is 5.67. The molecule has 4 rings (SSSR count). The average Bonchev–Trinajstić information content (AvgIpc) is 3.10. The largest absolute Gasteiger partial charge is 0.436 e. The molecule has 0 bridgehead atoms. The molecule has 2 atom stereocenters. The van der Waals surface area contributed by atoms with Gasteiger partial charge in [-0.15, -0.1) is 0 Å². The van der Waals surface area contributed by atoms with Crippen LogP contribution in [0.25, 0.3) is 0 Å². The Morgan fingerprint density at radius 2 is 2.15 bits per heavy atom. The second-order valence-electron chi connectivity index (χ2n) is 7.98. The van der Waals surface area contributed by atoms with Crippen LogP contribution in [0.5, 0.6) is 0 Å². The van der Waals surface area contributed by atoms with Crippen LogP contribution >= 0.6 is 11.6 Å². The number of piperidine rings is 1. The van der Waals surface area contributed by atoms with Gasteiger partial charge in [0.25, 0.3) is 5.91 Å². The summed E-state index contributed by atoms with van der Waals surface area (Å²) in [5.74, 6) is -1.92. The van der Waals surface area contributed by atoms with Gasteiger partial charge in [0.2, 0.25) is 0 Å². The lowest BCUT2D eigenvalue weighted by Gasteiger charge is -2.45. The van der Waals surface area contributed by atoms with E-state index in [0.717, 1.165) is 6.20 Å². The number of halogens is 5. The minimum Gasteiger partial charge on any atom is -0.436 e. The standard InChI is InChI=1S/C20H20ClF4N5O3/c1-2-13(20(23,24)25)30-16(26)10(8-27-30)17(31)29-7-3-6-19(9-29)14-12(28-18(32)33-19)5-4-11(21)15(14)22/h4-5,8,13H,2-3,6-7,9,26H2,1H3,(H,28,32)/t13?,19-/m0/s1. The molecule has 1 aromatic heterocycles. The highest BCUT2D eigenvalue weighted by atomic mass is 35.5. The highest BCUT2D eigenvalue weighted by Crippen LogP contribution is 2.45. The van der Waals surface area contributed by atoms with E-state index in [9.17, 15) is 27.2 Å². The quantitative estimate of drug-likeness (QED) is 0.619. The van der Waals surface area contributed by atoms with Crippen molar-refractivity contribution in [2.24, 2.45) is 0 Å². The van der Waals surface area contributed by atoms with Gasteiger partial charge in [-0.25, -0.2) is 13.9 Å². The molecule has 13 heteroatoms. The number of carbonyl (C=O) groups is 2. The van der Waals surface area contributed by atoms with E-state index in [-0.39, 0.29) is 47.8 Å². The average molecular weight is 490 g/mol. The predicted molar refractivity (Wildman–Crippen MR) is 110 cm³/mol. The maximum atomic E-state index is 15.0. The fraction of sp³-hybridized carbons (Fsp3) is 0.450. The van der Waals surface area contributed by atoms with Gasteiger partial charge in [0, 0.05) is 6.54 Å². The molecule has 1 fully saturated rings. The number of ether oxygens (including phenoxy) is 1. The van der Waals surface area contributed by atoms with E-state index in [1.807, 2.05) is 0 Å². The van der Waals surface area contributed by atoms with Gasteiger partial charge in [-0.1, -0.05) is 18.5 Å². The first kappa shape index (κ1) is 23.1. The SMILES string of the molecule is CCC(n1ncc(C(=O)N2CCC[C@@]3(C2)OC(=O)Nc2ccc(Cl)c(F)c23)c1N)C(F)(F)F. The van der Waals surface area contributed by atoms with Crippen molar-refractivity contribution in [3.63, 3.8) is 0 Å². The number of nitrogen functional groups attached to an aromatic ring is 1. The van der Waals surface area contributed by atoms with Crippen molar-refractivity contribution in [3.05, 3.63) is 40.3 Å². The summed E-state index contributed by atoms with van der Waals surface area (Å²) >= 11 is 5.94. The fourth-order valence-corrected chi connectivity index (χ4v) is 4.60. The van der Waals surface area contributed by atoms with Crippen LogP contribution in [-0.2, 0) is 10.3 Å². The third-order valence-corrected chi connectivity index (χ3v) is 6.23. The zero-order valence-electron chi connectivity index (χ0n) is 17.4. The Labute approximate surface area is 190 Å². The maximum absolute atomic E-state index is 15.0. The summed E-state index contributed by atoms with van der Waals surface area (Å²) in [6.45, 7) is 1.30. The molecular formula is C20H20ClF4N5O3. The zero-order valence-corrected chi connectivity index (χ0v) is 18.1. The molecule has 2 aromatic rings. The first-order valence-electron chi connectivity index (χ1n) is 10.2. The number of likely N-dealkylation sites (tertiary alicyclic amines) is 1. The number of amides is 2. The van der Waals surface area contributed by atoms with E-state index in [2.05, 4.69) is 10.4 Å².